The number of rotatable bonds is 11. The van der Waals surface area contributed by atoms with Crippen LogP contribution in [0.15, 0.2) is 6.20 Å². The van der Waals surface area contributed by atoms with Gasteiger partial charge in [0, 0.05) is 32.4 Å². The third-order valence-corrected chi connectivity index (χ3v) is 2.98. The van der Waals surface area contributed by atoms with Gasteiger partial charge in [0.2, 0.25) is 0 Å². The average molecular weight is 283 g/mol. The molecule has 1 N–H and O–H groups in total. The summed E-state index contributed by atoms with van der Waals surface area (Å²) in [6.07, 6.45) is 2.02. The molecule has 0 amide bonds. The minimum Gasteiger partial charge on any atom is -0.380 e. The number of hydrogen-bond donors (Lipinski definition) is 1. The Hall–Kier alpha value is -0.980. The highest BCUT2D eigenvalue weighted by molar-refractivity contribution is 4.91. The molecule has 0 atom stereocenters. The molecule has 116 valence electrons. The average Bonchev–Trinajstić information content (AvgIpc) is 2.84. The molecule has 0 aliphatic rings. The lowest BCUT2D eigenvalue weighted by Crippen LogP contribution is -2.27. The normalized spacial score (nSPS) is 11.7. The molecule has 0 aliphatic heterocycles. The molecule has 0 saturated heterocycles. The SMILES string of the molecule is CCOCCN(C)CCn1cc(CNCC(C)C)nn1. The van der Waals surface area contributed by atoms with E-state index < -0.39 is 0 Å². The van der Waals surface area contributed by atoms with Crippen LogP contribution in [0.25, 0.3) is 0 Å². The fourth-order valence-corrected chi connectivity index (χ4v) is 1.77. The molecule has 1 heterocycles. The molecule has 6 nitrogen and oxygen atoms in total. The Kier molecular flexibility index (Phi) is 8.41. The Balaban J connectivity index is 2.19. The second kappa shape index (κ2) is 9.85. The van der Waals surface area contributed by atoms with Crippen molar-refractivity contribution in [2.75, 3.05) is 39.9 Å². The van der Waals surface area contributed by atoms with Gasteiger partial charge in [0.25, 0.3) is 0 Å². The molecular formula is C14H29N5O. The van der Waals surface area contributed by atoms with E-state index in [-0.39, 0.29) is 0 Å². The Morgan fingerprint density at radius 3 is 2.90 bits per heavy atom. The molecule has 0 spiro atoms. The third-order valence-electron chi connectivity index (χ3n) is 2.98. The summed E-state index contributed by atoms with van der Waals surface area (Å²) in [5.41, 5.74) is 1.00. The van der Waals surface area contributed by atoms with Crippen LogP contribution >= 0.6 is 0 Å². The quantitative estimate of drug-likeness (QED) is 0.614. The topological polar surface area (TPSA) is 55.2 Å². The highest BCUT2D eigenvalue weighted by Crippen LogP contribution is 1.95. The maximum atomic E-state index is 5.34. The maximum Gasteiger partial charge on any atom is 0.0964 e. The molecule has 0 radical (unpaired) electrons. The largest absolute Gasteiger partial charge is 0.380 e. The van der Waals surface area contributed by atoms with Crippen LogP contribution in [0.1, 0.15) is 26.5 Å². The first kappa shape index (κ1) is 17.1. The van der Waals surface area contributed by atoms with Gasteiger partial charge in [-0.1, -0.05) is 19.1 Å². The van der Waals surface area contributed by atoms with E-state index >= 15 is 0 Å². The zero-order valence-electron chi connectivity index (χ0n) is 13.3. The van der Waals surface area contributed by atoms with Crippen LogP contribution in [-0.2, 0) is 17.8 Å². The molecule has 0 bridgehead atoms. The van der Waals surface area contributed by atoms with Crippen LogP contribution in [0.2, 0.25) is 0 Å². The van der Waals surface area contributed by atoms with Gasteiger partial charge in [0.1, 0.15) is 0 Å². The summed E-state index contributed by atoms with van der Waals surface area (Å²) in [4.78, 5) is 2.24. The van der Waals surface area contributed by atoms with Crippen molar-refractivity contribution in [2.24, 2.45) is 5.92 Å². The Morgan fingerprint density at radius 1 is 1.40 bits per heavy atom. The van der Waals surface area contributed by atoms with Gasteiger partial charge in [-0.05, 0) is 26.4 Å². The van der Waals surface area contributed by atoms with E-state index in [4.69, 9.17) is 4.74 Å². The van der Waals surface area contributed by atoms with Gasteiger partial charge >= 0.3 is 0 Å². The van der Waals surface area contributed by atoms with Crippen LogP contribution in [0.5, 0.6) is 0 Å². The van der Waals surface area contributed by atoms with Gasteiger partial charge in [-0.15, -0.1) is 5.10 Å². The van der Waals surface area contributed by atoms with Crippen LogP contribution in [-0.4, -0.2) is 59.8 Å². The van der Waals surface area contributed by atoms with E-state index in [0.29, 0.717) is 5.92 Å². The molecule has 0 aliphatic carbocycles. The number of nitrogens with one attached hydrogen (secondary N) is 1. The van der Waals surface area contributed by atoms with Crippen LogP contribution in [0, 0.1) is 5.92 Å². The van der Waals surface area contributed by atoms with Crippen LogP contribution in [0.3, 0.4) is 0 Å². The summed E-state index contributed by atoms with van der Waals surface area (Å²) in [5.74, 6) is 0.657. The molecule has 0 aromatic carbocycles. The summed E-state index contributed by atoms with van der Waals surface area (Å²) >= 11 is 0. The predicted octanol–water partition coefficient (Wildman–Crippen LogP) is 0.992. The van der Waals surface area contributed by atoms with E-state index in [1.54, 1.807) is 0 Å². The first-order valence-electron chi connectivity index (χ1n) is 7.47. The molecule has 0 fully saturated rings. The van der Waals surface area contributed by atoms with Crippen molar-refractivity contribution in [3.63, 3.8) is 0 Å². The second-order valence-corrected chi connectivity index (χ2v) is 5.50. The van der Waals surface area contributed by atoms with E-state index in [9.17, 15) is 0 Å². The van der Waals surface area contributed by atoms with Crippen molar-refractivity contribution in [1.29, 1.82) is 0 Å². The van der Waals surface area contributed by atoms with Crippen molar-refractivity contribution in [2.45, 2.75) is 33.9 Å². The number of hydrogen-bond acceptors (Lipinski definition) is 5. The minimum absolute atomic E-state index is 0.657. The van der Waals surface area contributed by atoms with Crippen LogP contribution < -0.4 is 5.32 Å². The van der Waals surface area contributed by atoms with E-state index in [1.807, 2.05) is 17.8 Å². The van der Waals surface area contributed by atoms with Crippen molar-refractivity contribution >= 4 is 0 Å². The molecule has 0 unspecified atom stereocenters. The number of ether oxygens (including phenoxy) is 1. The highest BCUT2D eigenvalue weighted by Gasteiger charge is 2.03. The van der Waals surface area contributed by atoms with Crippen molar-refractivity contribution in [3.8, 4) is 0 Å². The molecule has 1 aromatic heterocycles. The zero-order valence-corrected chi connectivity index (χ0v) is 13.3. The molecule has 1 rings (SSSR count). The van der Waals surface area contributed by atoms with Gasteiger partial charge in [0.05, 0.1) is 18.8 Å². The minimum atomic E-state index is 0.657. The van der Waals surface area contributed by atoms with Crippen LogP contribution in [0.4, 0.5) is 0 Å². The van der Waals surface area contributed by atoms with Gasteiger partial charge in [-0.2, -0.15) is 0 Å². The Bertz CT molecular complexity index is 353. The summed E-state index contributed by atoms with van der Waals surface area (Å²) in [7, 11) is 2.10. The fraction of sp³-hybridized carbons (Fsp3) is 0.857. The Labute approximate surface area is 122 Å². The Morgan fingerprint density at radius 2 is 2.20 bits per heavy atom. The maximum absolute atomic E-state index is 5.34. The van der Waals surface area contributed by atoms with E-state index in [2.05, 4.69) is 41.4 Å². The van der Waals surface area contributed by atoms with Gasteiger partial charge in [0.15, 0.2) is 0 Å². The lowest BCUT2D eigenvalue weighted by Gasteiger charge is -2.15. The fourth-order valence-electron chi connectivity index (χ4n) is 1.77. The lowest BCUT2D eigenvalue weighted by atomic mass is 10.2. The second-order valence-electron chi connectivity index (χ2n) is 5.50. The lowest BCUT2D eigenvalue weighted by molar-refractivity contribution is 0.120. The van der Waals surface area contributed by atoms with Crippen molar-refractivity contribution in [1.82, 2.24) is 25.2 Å². The molecule has 6 heteroatoms. The number of nitrogens with zero attached hydrogens (tertiary/aromatic N) is 4. The van der Waals surface area contributed by atoms with Gasteiger partial charge in [-0.3, -0.25) is 4.68 Å². The predicted molar refractivity (Wildman–Crippen MR) is 80.6 cm³/mol. The number of likely N-dealkylation sites (N-methyl/N-ethyl adjacent to an activating group) is 1. The third kappa shape index (κ3) is 7.57. The monoisotopic (exact) mass is 283 g/mol. The molecule has 0 saturated carbocycles. The summed E-state index contributed by atoms with van der Waals surface area (Å²) in [6, 6.07) is 0. The first-order chi connectivity index (χ1) is 9.61. The van der Waals surface area contributed by atoms with Gasteiger partial charge in [-0.25, -0.2) is 0 Å². The molecule has 20 heavy (non-hydrogen) atoms. The standard InChI is InChI=1S/C14H29N5O/c1-5-20-9-8-18(4)6-7-19-12-14(16-17-19)11-15-10-13(2)3/h12-13,15H,5-11H2,1-4H3. The summed E-state index contributed by atoms with van der Waals surface area (Å²) in [6.45, 7) is 12.5. The van der Waals surface area contributed by atoms with E-state index in [1.165, 1.54) is 0 Å². The van der Waals surface area contributed by atoms with Crippen molar-refractivity contribution < 1.29 is 4.74 Å². The molecule has 1 aromatic rings. The first-order valence-corrected chi connectivity index (χ1v) is 7.47. The highest BCUT2D eigenvalue weighted by atomic mass is 16.5. The van der Waals surface area contributed by atoms with E-state index in [0.717, 1.165) is 51.6 Å². The number of aromatic nitrogens is 3. The molecular weight excluding hydrogens is 254 g/mol. The summed E-state index contributed by atoms with van der Waals surface area (Å²) in [5, 5.41) is 11.7. The zero-order chi connectivity index (χ0) is 14.8. The smallest absolute Gasteiger partial charge is 0.0964 e. The summed E-state index contributed by atoms with van der Waals surface area (Å²) < 4.78 is 7.25. The van der Waals surface area contributed by atoms with Gasteiger partial charge < -0.3 is 15.0 Å². The van der Waals surface area contributed by atoms with Crippen molar-refractivity contribution in [3.05, 3.63) is 11.9 Å².